The lowest BCUT2D eigenvalue weighted by molar-refractivity contribution is -0.134. The van der Waals surface area contributed by atoms with E-state index in [1.807, 2.05) is 13.8 Å². The van der Waals surface area contributed by atoms with E-state index in [1.165, 1.54) is 0 Å². The van der Waals surface area contributed by atoms with Gasteiger partial charge in [-0.2, -0.15) is 5.10 Å². The lowest BCUT2D eigenvalue weighted by Gasteiger charge is -2.33. The van der Waals surface area contributed by atoms with Gasteiger partial charge in [0.2, 0.25) is 5.91 Å². The van der Waals surface area contributed by atoms with Crippen molar-refractivity contribution in [1.82, 2.24) is 10.3 Å². The first-order valence-corrected chi connectivity index (χ1v) is 5.45. The minimum atomic E-state index is -0.333. The molecule has 1 unspecified atom stereocenters. The van der Waals surface area contributed by atoms with Crippen LogP contribution < -0.4 is 5.32 Å². The number of rotatable bonds is 3. The monoisotopic (exact) mass is 211 g/mol. The third-order valence-corrected chi connectivity index (χ3v) is 2.53. The summed E-state index contributed by atoms with van der Waals surface area (Å²) in [7, 11) is 0. The first kappa shape index (κ1) is 12.2. The van der Waals surface area contributed by atoms with Crippen LogP contribution in [0, 0.1) is 5.92 Å². The molecular formula is C11H21N3O. The largest absolute Gasteiger partial charge is 0.293 e. The number of hydrogen-bond acceptors (Lipinski definition) is 3. The molecule has 1 aliphatic rings. The van der Waals surface area contributed by atoms with Crippen LogP contribution in [0.25, 0.3) is 0 Å². The van der Waals surface area contributed by atoms with Crippen LogP contribution in [0.4, 0.5) is 0 Å². The summed E-state index contributed by atoms with van der Waals surface area (Å²) in [4.78, 5) is 11.4. The minimum absolute atomic E-state index is 0.00870. The maximum Gasteiger partial charge on any atom is 0.241 e. The molecule has 0 radical (unpaired) electrons. The highest BCUT2D eigenvalue weighted by Gasteiger charge is 2.38. The fourth-order valence-corrected chi connectivity index (χ4v) is 1.87. The average Bonchev–Trinajstić information content (AvgIpc) is 2.39. The fourth-order valence-electron chi connectivity index (χ4n) is 1.87. The molecule has 1 atom stereocenters. The maximum atomic E-state index is 11.4. The van der Waals surface area contributed by atoms with Gasteiger partial charge in [-0.1, -0.05) is 13.8 Å². The van der Waals surface area contributed by atoms with Crippen LogP contribution in [0.3, 0.4) is 0 Å². The third-order valence-electron chi connectivity index (χ3n) is 2.53. The number of carbonyl (C=O) groups excluding carboxylic acids is 1. The molecule has 86 valence electrons. The van der Waals surface area contributed by atoms with E-state index in [4.69, 9.17) is 0 Å². The number of carbonyl (C=O) groups is 1. The SMILES string of the molecule is CC(=O)N1N=C(C)CC1(C)NCC(C)C. The van der Waals surface area contributed by atoms with E-state index in [0.29, 0.717) is 5.92 Å². The van der Waals surface area contributed by atoms with Gasteiger partial charge in [-0.25, -0.2) is 5.01 Å². The molecule has 1 heterocycles. The number of hydrazone groups is 1. The molecule has 0 aromatic rings. The number of hydrogen-bond donors (Lipinski definition) is 1. The van der Waals surface area contributed by atoms with Crippen LogP contribution in [0.2, 0.25) is 0 Å². The Morgan fingerprint density at radius 2 is 2.27 bits per heavy atom. The lowest BCUT2D eigenvalue weighted by Crippen LogP contribution is -2.54. The molecule has 0 aliphatic carbocycles. The second-order valence-electron chi connectivity index (χ2n) is 4.89. The van der Waals surface area contributed by atoms with Crippen molar-refractivity contribution in [3.05, 3.63) is 0 Å². The molecule has 0 aromatic carbocycles. The topological polar surface area (TPSA) is 44.7 Å². The van der Waals surface area contributed by atoms with Gasteiger partial charge in [0, 0.05) is 19.1 Å². The van der Waals surface area contributed by atoms with Gasteiger partial charge in [0.05, 0.1) is 0 Å². The zero-order valence-electron chi connectivity index (χ0n) is 10.3. The van der Waals surface area contributed by atoms with Gasteiger partial charge >= 0.3 is 0 Å². The summed E-state index contributed by atoms with van der Waals surface area (Å²) in [5.74, 6) is 0.558. The Hall–Kier alpha value is -0.900. The highest BCUT2D eigenvalue weighted by molar-refractivity contribution is 5.88. The van der Waals surface area contributed by atoms with E-state index in [9.17, 15) is 4.79 Å². The van der Waals surface area contributed by atoms with Crippen molar-refractivity contribution < 1.29 is 4.79 Å². The lowest BCUT2D eigenvalue weighted by atomic mass is 10.1. The van der Waals surface area contributed by atoms with Gasteiger partial charge in [0.1, 0.15) is 5.66 Å². The van der Waals surface area contributed by atoms with Crippen molar-refractivity contribution in [2.75, 3.05) is 6.54 Å². The maximum absolute atomic E-state index is 11.4. The second kappa shape index (κ2) is 4.31. The summed E-state index contributed by atoms with van der Waals surface area (Å²) < 4.78 is 0. The second-order valence-corrected chi connectivity index (χ2v) is 4.89. The quantitative estimate of drug-likeness (QED) is 0.770. The number of amides is 1. The van der Waals surface area contributed by atoms with Crippen LogP contribution in [-0.2, 0) is 4.79 Å². The summed E-state index contributed by atoms with van der Waals surface area (Å²) in [5, 5.41) is 9.23. The molecular weight excluding hydrogens is 190 g/mol. The molecule has 1 amide bonds. The van der Waals surface area contributed by atoms with Crippen molar-refractivity contribution >= 4 is 11.6 Å². The Kier molecular flexibility index (Phi) is 3.50. The summed E-state index contributed by atoms with van der Waals surface area (Å²) in [6.45, 7) is 10.7. The fraction of sp³-hybridized carbons (Fsp3) is 0.818. The van der Waals surface area contributed by atoms with Gasteiger partial charge in [-0.3, -0.25) is 10.1 Å². The first-order valence-electron chi connectivity index (χ1n) is 5.45. The molecule has 0 spiro atoms. The van der Waals surface area contributed by atoms with Gasteiger partial charge in [-0.05, 0) is 26.3 Å². The van der Waals surface area contributed by atoms with Gasteiger partial charge in [0.25, 0.3) is 0 Å². The van der Waals surface area contributed by atoms with E-state index in [1.54, 1.807) is 11.9 Å². The van der Waals surface area contributed by atoms with Gasteiger partial charge in [-0.15, -0.1) is 0 Å². The van der Waals surface area contributed by atoms with Crippen molar-refractivity contribution in [2.24, 2.45) is 11.0 Å². The van der Waals surface area contributed by atoms with E-state index in [-0.39, 0.29) is 11.6 Å². The Labute approximate surface area is 91.7 Å². The van der Waals surface area contributed by atoms with E-state index < -0.39 is 0 Å². The van der Waals surface area contributed by atoms with E-state index in [0.717, 1.165) is 18.7 Å². The van der Waals surface area contributed by atoms with Crippen LogP contribution >= 0.6 is 0 Å². The molecule has 4 nitrogen and oxygen atoms in total. The Morgan fingerprint density at radius 3 is 2.73 bits per heavy atom. The van der Waals surface area contributed by atoms with Crippen molar-refractivity contribution in [2.45, 2.75) is 46.7 Å². The average molecular weight is 211 g/mol. The molecule has 4 heteroatoms. The van der Waals surface area contributed by atoms with Gasteiger partial charge < -0.3 is 0 Å². The van der Waals surface area contributed by atoms with Crippen LogP contribution in [0.15, 0.2) is 5.10 Å². The standard InChI is InChI=1S/C11H21N3O/c1-8(2)7-12-11(5)6-9(3)13-14(11)10(4)15/h8,12H,6-7H2,1-5H3. The highest BCUT2D eigenvalue weighted by Crippen LogP contribution is 2.24. The predicted octanol–water partition coefficient (Wildman–Crippen LogP) is 1.58. The summed E-state index contributed by atoms with van der Waals surface area (Å²) in [5.41, 5.74) is 0.671. The van der Waals surface area contributed by atoms with Crippen molar-refractivity contribution in [3.63, 3.8) is 0 Å². The molecule has 0 bridgehead atoms. The predicted molar refractivity (Wildman–Crippen MR) is 61.5 cm³/mol. The van der Waals surface area contributed by atoms with Crippen molar-refractivity contribution in [1.29, 1.82) is 0 Å². The molecule has 0 saturated carbocycles. The third kappa shape index (κ3) is 2.78. The molecule has 15 heavy (non-hydrogen) atoms. The smallest absolute Gasteiger partial charge is 0.241 e. The Balaban J connectivity index is 2.71. The Bertz CT molecular complexity index is 286. The van der Waals surface area contributed by atoms with Crippen LogP contribution in [0.1, 0.15) is 41.0 Å². The zero-order chi connectivity index (χ0) is 11.6. The van der Waals surface area contributed by atoms with E-state index >= 15 is 0 Å². The molecule has 0 aromatic heterocycles. The van der Waals surface area contributed by atoms with Crippen LogP contribution in [-0.4, -0.2) is 28.8 Å². The van der Waals surface area contributed by atoms with E-state index in [2.05, 4.69) is 24.3 Å². The molecule has 1 rings (SSSR count). The molecule has 1 aliphatic heterocycles. The number of nitrogens with one attached hydrogen (secondary N) is 1. The minimum Gasteiger partial charge on any atom is -0.293 e. The first-order chi connectivity index (χ1) is 6.85. The summed E-state index contributed by atoms with van der Waals surface area (Å²) >= 11 is 0. The summed E-state index contributed by atoms with van der Waals surface area (Å²) in [6.07, 6.45) is 0.805. The van der Waals surface area contributed by atoms with Crippen LogP contribution in [0.5, 0.6) is 0 Å². The van der Waals surface area contributed by atoms with Gasteiger partial charge in [0.15, 0.2) is 0 Å². The Morgan fingerprint density at radius 1 is 1.67 bits per heavy atom. The normalized spacial score (nSPS) is 26.0. The molecule has 1 N–H and O–H groups in total. The molecule has 0 fully saturated rings. The number of nitrogens with zero attached hydrogens (tertiary/aromatic N) is 2. The summed E-state index contributed by atoms with van der Waals surface area (Å²) in [6, 6.07) is 0. The highest BCUT2D eigenvalue weighted by atomic mass is 16.2. The van der Waals surface area contributed by atoms with Crippen molar-refractivity contribution in [3.8, 4) is 0 Å². The molecule has 0 saturated heterocycles. The zero-order valence-corrected chi connectivity index (χ0v) is 10.3.